The molecular weight excluding hydrogens is 424 g/mol. The molecule has 0 fully saturated rings. The first-order chi connectivity index (χ1) is 13.5. The van der Waals surface area contributed by atoms with Crippen LogP contribution >= 0.6 is 15.9 Å². The molecule has 3 rings (SSSR count). The monoisotopic (exact) mass is 440 g/mol. The van der Waals surface area contributed by atoms with Crippen molar-refractivity contribution < 1.29 is 9.90 Å². The van der Waals surface area contributed by atoms with Gasteiger partial charge >= 0.3 is 0 Å². The quantitative estimate of drug-likeness (QED) is 0.349. The molecular formula is C20H17BrN4O3. The van der Waals surface area contributed by atoms with Crippen LogP contribution in [0.15, 0.2) is 69.7 Å². The number of nitrogens with zero attached hydrogens (tertiary/aromatic N) is 3. The van der Waals surface area contributed by atoms with E-state index >= 15 is 0 Å². The lowest BCUT2D eigenvalue weighted by atomic mass is 10.1. The molecule has 2 aromatic carbocycles. The number of aromatic hydroxyl groups is 1. The summed E-state index contributed by atoms with van der Waals surface area (Å²) in [4.78, 5) is 28.8. The molecule has 7 nitrogen and oxygen atoms in total. The van der Waals surface area contributed by atoms with Crippen molar-refractivity contribution in [1.29, 1.82) is 0 Å². The Labute approximate surface area is 169 Å². The first kappa shape index (κ1) is 19.5. The number of nitrogens with one attached hydrogen (secondary N) is 1. The van der Waals surface area contributed by atoms with Crippen molar-refractivity contribution in [3.63, 3.8) is 0 Å². The van der Waals surface area contributed by atoms with E-state index in [1.165, 1.54) is 17.1 Å². The van der Waals surface area contributed by atoms with Gasteiger partial charge in [-0.15, -0.1) is 6.58 Å². The number of phenolic OH excluding ortho intramolecular Hbond substituents is 1. The SMILES string of the molecule is C=CCc1cccc(/C=N/NC(=O)Cn2cnc3cc(Br)ccc3c2=O)c1O. The molecule has 0 atom stereocenters. The van der Waals surface area contributed by atoms with Crippen molar-refractivity contribution in [2.75, 3.05) is 0 Å². The number of allylic oxidation sites excluding steroid dienone is 1. The molecule has 3 aromatic rings. The Morgan fingerprint density at radius 2 is 2.18 bits per heavy atom. The van der Waals surface area contributed by atoms with Gasteiger partial charge in [-0.1, -0.05) is 34.1 Å². The summed E-state index contributed by atoms with van der Waals surface area (Å²) in [5.74, 6) is -0.403. The molecule has 0 aliphatic heterocycles. The van der Waals surface area contributed by atoms with Crippen molar-refractivity contribution in [1.82, 2.24) is 15.0 Å². The Morgan fingerprint density at radius 1 is 1.36 bits per heavy atom. The molecule has 0 saturated carbocycles. The minimum Gasteiger partial charge on any atom is -0.507 e. The predicted molar refractivity (Wildman–Crippen MR) is 111 cm³/mol. The van der Waals surface area contributed by atoms with Gasteiger partial charge in [-0.25, -0.2) is 10.4 Å². The topological polar surface area (TPSA) is 96.6 Å². The standard InChI is InChI=1S/C20H17BrN4O3/c1-2-4-13-5-3-6-14(19(13)27)10-23-24-18(26)11-25-12-22-17-9-15(21)7-8-16(17)20(25)28/h2-3,5-10,12,27H,1,4,11H2,(H,24,26)/b23-10+. The van der Waals surface area contributed by atoms with Gasteiger partial charge in [0.2, 0.25) is 0 Å². The highest BCUT2D eigenvalue weighted by Gasteiger charge is 2.08. The van der Waals surface area contributed by atoms with Crippen molar-refractivity contribution in [3.8, 4) is 5.75 Å². The summed E-state index contributed by atoms with van der Waals surface area (Å²) in [5, 5.41) is 14.4. The van der Waals surface area contributed by atoms with Gasteiger partial charge in [0.1, 0.15) is 12.3 Å². The van der Waals surface area contributed by atoms with Crippen LogP contribution in [-0.4, -0.2) is 26.8 Å². The minimum absolute atomic E-state index is 0.0847. The summed E-state index contributed by atoms with van der Waals surface area (Å²) < 4.78 is 2.03. The third-order valence-electron chi connectivity index (χ3n) is 4.01. The number of rotatable bonds is 6. The second-order valence-electron chi connectivity index (χ2n) is 5.98. The molecule has 28 heavy (non-hydrogen) atoms. The maximum absolute atomic E-state index is 12.5. The van der Waals surface area contributed by atoms with Crippen LogP contribution in [0.2, 0.25) is 0 Å². The van der Waals surface area contributed by atoms with Crippen molar-refractivity contribution in [3.05, 3.63) is 81.3 Å². The molecule has 0 spiro atoms. The van der Waals surface area contributed by atoms with Crippen molar-refractivity contribution in [2.45, 2.75) is 13.0 Å². The average molecular weight is 441 g/mol. The van der Waals surface area contributed by atoms with E-state index in [4.69, 9.17) is 0 Å². The van der Waals surface area contributed by atoms with Crippen LogP contribution in [0, 0.1) is 0 Å². The maximum Gasteiger partial charge on any atom is 0.261 e. The van der Waals surface area contributed by atoms with Crippen LogP contribution in [0.5, 0.6) is 5.75 Å². The molecule has 0 saturated heterocycles. The van der Waals surface area contributed by atoms with Gasteiger partial charge in [-0.2, -0.15) is 5.10 Å². The molecule has 0 bridgehead atoms. The van der Waals surface area contributed by atoms with Crippen molar-refractivity contribution >= 4 is 39.0 Å². The Kier molecular flexibility index (Phi) is 6.00. The summed E-state index contributed by atoms with van der Waals surface area (Å²) in [5.41, 5.74) is 3.76. The fourth-order valence-corrected chi connectivity index (χ4v) is 2.99. The second-order valence-corrected chi connectivity index (χ2v) is 6.90. The van der Waals surface area contributed by atoms with Gasteiger partial charge in [-0.05, 0) is 36.2 Å². The van der Waals surface area contributed by atoms with E-state index < -0.39 is 5.91 Å². The van der Waals surface area contributed by atoms with Gasteiger partial charge in [0, 0.05) is 10.0 Å². The summed E-state index contributed by atoms with van der Waals surface area (Å²) >= 11 is 3.33. The molecule has 142 valence electrons. The van der Waals surface area contributed by atoms with E-state index in [1.807, 2.05) is 0 Å². The Bertz CT molecular complexity index is 1140. The number of amides is 1. The second kappa shape index (κ2) is 8.62. The number of carbonyl (C=O) groups excluding carboxylic acids is 1. The molecule has 0 radical (unpaired) electrons. The van der Waals surface area contributed by atoms with E-state index in [1.54, 1.807) is 42.5 Å². The zero-order chi connectivity index (χ0) is 20.1. The zero-order valence-electron chi connectivity index (χ0n) is 14.8. The Balaban J connectivity index is 1.70. The first-order valence-electron chi connectivity index (χ1n) is 8.38. The van der Waals surface area contributed by atoms with Gasteiger partial charge in [-0.3, -0.25) is 14.2 Å². The lowest BCUT2D eigenvalue weighted by Gasteiger charge is -2.06. The molecule has 1 amide bonds. The van der Waals surface area contributed by atoms with Gasteiger partial charge in [0.25, 0.3) is 11.5 Å². The molecule has 0 unspecified atom stereocenters. The summed E-state index contributed by atoms with van der Waals surface area (Å²) in [6, 6.07) is 10.4. The van der Waals surface area contributed by atoms with Gasteiger partial charge < -0.3 is 5.11 Å². The van der Waals surface area contributed by atoms with Gasteiger partial charge in [0.15, 0.2) is 0 Å². The maximum atomic E-state index is 12.5. The number of hydrogen-bond acceptors (Lipinski definition) is 5. The number of benzene rings is 2. The summed E-state index contributed by atoms with van der Waals surface area (Å²) in [6.45, 7) is 3.42. The number of para-hydroxylation sites is 1. The zero-order valence-corrected chi connectivity index (χ0v) is 16.4. The molecule has 8 heteroatoms. The lowest BCUT2D eigenvalue weighted by molar-refractivity contribution is -0.121. The minimum atomic E-state index is -0.488. The van der Waals surface area contributed by atoms with E-state index in [-0.39, 0.29) is 17.9 Å². The highest BCUT2D eigenvalue weighted by molar-refractivity contribution is 9.10. The van der Waals surface area contributed by atoms with Gasteiger partial charge in [0.05, 0.1) is 23.4 Å². The van der Waals surface area contributed by atoms with Crippen LogP contribution < -0.4 is 11.0 Å². The van der Waals surface area contributed by atoms with Crippen LogP contribution in [-0.2, 0) is 17.8 Å². The fraction of sp³-hybridized carbons (Fsp3) is 0.100. The van der Waals surface area contributed by atoms with Crippen LogP contribution in [0.25, 0.3) is 10.9 Å². The lowest BCUT2D eigenvalue weighted by Crippen LogP contribution is -2.30. The summed E-state index contributed by atoms with van der Waals surface area (Å²) in [6.07, 6.45) is 4.88. The fourth-order valence-electron chi connectivity index (χ4n) is 2.64. The molecule has 1 aromatic heterocycles. The number of hydrogen-bond donors (Lipinski definition) is 2. The van der Waals surface area contributed by atoms with E-state index in [9.17, 15) is 14.7 Å². The highest BCUT2D eigenvalue weighted by Crippen LogP contribution is 2.21. The Hall–Kier alpha value is -3.26. The summed E-state index contributed by atoms with van der Waals surface area (Å²) in [7, 11) is 0. The normalized spacial score (nSPS) is 11.0. The number of halogens is 1. The number of hydrazone groups is 1. The third-order valence-corrected chi connectivity index (χ3v) is 4.50. The van der Waals surface area contributed by atoms with E-state index in [0.29, 0.717) is 28.5 Å². The number of aromatic nitrogens is 2. The van der Waals surface area contributed by atoms with E-state index in [0.717, 1.165) is 4.47 Å². The average Bonchev–Trinajstić information content (AvgIpc) is 2.67. The molecule has 1 heterocycles. The largest absolute Gasteiger partial charge is 0.507 e. The van der Waals surface area contributed by atoms with Crippen molar-refractivity contribution in [2.24, 2.45) is 5.10 Å². The Morgan fingerprint density at radius 3 is 2.96 bits per heavy atom. The number of carbonyl (C=O) groups is 1. The first-order valence-corrected chi connectivity index (χ1v) is 9.17. The van der Waals surface area contributed by atoms with Crippen LogP contribution in [0.4, 0.5) is 0 Å². The van der Waals surface area contributed by atoms with Crippen LogP contribution in [0.3, 0.4) is 0 Å². The number of fused-ring (bicyclic) bond motifs is 1. The van der Waals surface area contributed by atoms with E-state index in [2.05, 4.69) is 38.0 Å². The highest BCUT2D eigenvalue weighted by atomic mass is 79.9. The molecule has 0 aliphatic carbocycles. The molecule has 0 aliphatic rings. The third kappa shape index (κ3) is 4.34. The van der Waals surface area contributed by atoms with Crippen LogP contribution in [0.1, 0.15) is 11.1 Å². The predicted octanol–water partition coefficient (Wildman–Crippen LogP) is 2.74. The smallest absolute Gasteiger partial charge is 0.261 e. The molecule has 2 N–H and O–H groups in total. The number of phenols is 1.